The van der Waals surface area contributed by atoms with Gasteiger partial charge in [-0.2, -0.15) is 0 Å². The molecule has 0 aliphatic heterocycles. The van der Waals surface area contributed by atoms with Crippen molar-refractivity contribution in [3.05, 3.63) is 107 Å². The van der Waals surface area contributed by atoms with Gasteiger partial charge in [-0.3, -0.25) is 9.98 Å². The molecule has 9 heteroatoms. The van der Waals surface area contributed by atoms with E-state index in [0.717, 1.165) is 39.5 Å². The highest BCUT2D eigenvalue weighted by Gasteiger charge is 2.38. The summed E-state index contributed by atoms with van der Waals surface area (Å²) in [6, 6.07) is 13.9. The Morgan fingerprint density at radius 1 is 1.21 bits per heavy atom. The van der Waals surface area contributed by atoms with Crippen molar-refractivity contribution in [1.82, 2.24) is 14.6 Å². The quantitative estimate of drug-likeness (QED) is 0.180. The molecule has 1 heterocycles. The van der Waals surface area contributed by atoms with Gasteiger partial charge in [0.2, 0.25) is 0 Å². The monoisotopic (exact) mass is 544 g/mol. The highest BCUT2D eigenvalue weighted by molar-refractivity contribution is 6.49. The van der Waals surface area contributed by atoms with Crippen LogP contribution in [0.4, 0.5) is 11.4 Å². The molecule has 1 unspecified atom stereocenters. The molecule has 0 aliphatic rings. The van der Waals surface area contributed by atoms with E-state index in [-0.39, 0.29) is 0 Å². The Kier molecular flexibility index (Phi) is 9.51. The second kappa shape index (κ2) is 12.6. The highest BCUT2D eigenvalue weighted by Crippen LogP contribution is 2.43. The number of likely N-dealkylation sites (N-methyl/N-ethyl adjacent to an activating group) is 1. The molecule has 3 aromatic rings. The van der Waals surface area contributed by atoms with Crippen molar-refractivity contribution in [3.8, 4) is 0 Å². The third-order valence-electron chi connectivity index (χ3n) is 6.96. The lowest BCUT2D eigenvalue weighted by molar-refractivity contribution is 0.365. The molecule has 2 aromatic carbocycles. The number of allylic oxidation sites excluding steroid dienone is 3. The number of halogens is 1. The Labute approximate surface area is 235 Å². The van der Waals surface area contributed by atoms with Gasteiger partial charge >= 0.3 is 0 Å². The Morgan fingerprint density at radius 3 is 2.44 bits per heavy atom. The average molecular weight is 545 g/mol. The molecular formula is C30H37ClN8. The molecule has 0 fully saturated rings. The summed E-state index contributed by atoms with van der Waals surface area (Å²) < 4.78 is 2.04. The van der Waals surface area contributed by atoms with Crippen molar-refractivity contribution >= 4 is 40.9 Å². The van der Waals surface area contributed by atoms with Gasteiger partial charge in [0.05, 0.1) is 28.2 Å². The fourth-order valence-electron chi connectivity index (χ4n) is 4.68. The summed E-state index contributed by atoms with van der Waals surface area (Å²) in [7, 11) is 3.74. The molecule has 3 rings (SSSR count). The fraction of sp³-hybridized carbons (Fsp3) is 0.233. The van der Waals surface area contributed by atoms with Crippen molar-refractivity contribution in [2.45, 2.75) is 32.6 Å². The zero-order valence-corrected chi connectivity index (χ0v) is 23.9. The molecule has 0 spiro atoms. The van der Waals surface area contributed by atoms with Crippen molar-refractivity contribution in [2.24, 2.45) is 34.3 Å². The van der Waals surface area contributed by atoms with E-state index in [1.165, 1.54) is 17.4 Å². The summed E-state index contributed by atoms with van der Waals surface area (Å²) >= 11 is 7.04. The lowest BCUT2D eigenvalue weighted by atomic mass is 9.75. The van der Waals surface area contributed by atoms with Crippen LogP contribution in [-0.2, 0) is 18.9 Å². The molecule has 1 atom stereocenters. The van der Waals surface area contributed by atoms with Gasteiger partial charge < -0.3 is 21.0 Å². The SMILES string of the molecule is C=Nc1ccc(C(C)(/C(=C/N)N(C)N)c2cnc(C)n2C)cc1/C(Cl)=C(\C)Cc1ccc(N=CC=CN)cc1. The minimum Gasteiger partial charge on any atom is -0.405 e. The summed E-state index contributed by atoms with van der Waals surface area (Å²) in [4.78, 5) is 13.1. The molecule has 8 nitrogen and oxygen atoms in total. The summed E-state index contributed by atoms with van der Waals surface area (Å²) in [6.07, 6.45) is 8.82. The zero-order valence-electron chi connectivity index (χ0n) is 23.2. The first-order chi connectivity index (χ1) is 18.6. The number of nitrogens with two attached hydrogens (primary N) is 3. The van der Waals surface area contributed by atoms with Crippen molar-refractivity contribution in [1.29, 1.82) is 0 Å². The van der Waals surface area contributed by atoms with E-state index in [1.807, 2.05) is 74.1 Å². The maximum absolute atomic E-state index is 7.04. The van der Waals surface area contributed by atoms with Crippen LogP contribution in [-0.4, -0.2) is 34.5 Å². The van der Waals surface area contributed by atoms with Crippen LogP contribution in [0.5, 0.6) is 0 Å². The van der Waals surface area contributed by atoms with Crippen molar-refractivity contribution in [2.75, 3.05) is 7.05 Å². The van der Waals surface area contributed by atoms with E-state index in [4.69, 9.17) is 28.9 Å². The molecule has 204 valence electrons. The molecule has 0 aliphatic carbocycles. The topological polar surface area (TPSA) is 124 Å². The van der Waals surface area contributed by atoms with Crippen LogP contribution < -0.4 is 17.3 Å². The maximum atomic E-state index is 7.04. The number of aliphatic imine (C=N–C) groups is 2. The highest BCUT2D eigenvalue weighted by atomic mass is 35.5. The summed E-state index contributed by atoms with van der Waals surface area (Å²) in [5, 5.41) is 2.14. The minimum absolute atomic E-state index is 0.609. The Bertz CT molecular complexity index is 1440. The summed E-state index contributed by atoms with van der Waals surface area (Å²) in [5.74, 6) is 7.14. The van der Waals surface area contributed by atoms with Crippen molar-refractivity contribution in [3.63, 3.8) is 0 Å². The van der Waals surface area contributed by atoms with Crippen LogP contribution in [0.2, 0.25) is 0 Å². The van der Waals surface area contributed by atoms with Crippen LogP contribution in [0.15, 0.2) is 88.4 Å². The largest absolute Gasteiger partial charge is 0.405 e. The lowest BCUT2D eigenvalue weighted by Crippen LogP contribution is -2.40. The average Bonchev–Trinajstić information content (AvgIpc) is 3.27. The Morgan fingerprint density at radius 2 is 1.90 bits per heavy atom. The molecule has 39 heavy (non-hydrogen) atoms. The Balaban J connectivity index is 2.10. The van der Waals surface area contributed by atoms with Gasteiger partial charge in [-0.15, -0.1) is 0 Å². The zero-order chi connectivity index (χ0) is 28.7. The van der Waals surface area contributed by atoms with Gasteiger partial charge in [-0.05, 0) is 87.2 Å². The van der Waals surface area contributed by atoms with Gasteiger partial charge in [0.1, 0.15) is 5.82 Å². The van der Waals surface area contributed by atoms with Crippen molar-refractivity contribution < 1.29 is 0 Å². The van der Waals surface area contributed by atoms with E-state index in [2.05, 4.69) is 28.6 Å². The third kappa shape index (κ3) is 6.13. The Hall–Kier alpha value is -4.14. The van der Waals surface area contributed by atoms with Gasteiger partial charge in [0.25, 0.3) is 0 Å². The number of benzene rings is 2. The van der Waals surface area contributed by atoms with Crippen LogP contribution >= 0.6 is 11.6 Å². The lowest BCUT2D eigenvalue weighted by Gasteiger charge is -2.36. The van der Waals surface area contributed by atoms with Crippen LogP contribution in [0.25, 0.3) is 5.03 Å². The number of hydrogen-bond acceptors (Lipinski definition) is 7. The number of rotatable bonds is 10. The van der Waals surface area contributed by atoms with E-state index < -0.39 is 5.41 Å². The molecule has 0 saturated carbocycles. The van der Waals surface area contributed by atoms with E-state index in [0.29, 0.717) is 22.8 Å². The van der Waals surface area contributed by atoms with Crippen LogP contribution in [0.3, 0.4) is 0 Å². The predicted molar refractivity (Wildman–Crippen MR) is 164 cm³/mol. The second-order valence-corrected chi connectivity index (χ2v) is 9.91. The normalized spacial score (nSPS) is 14.5. The number of aromatic nitrogens is 2. The molecule has 0 amide bonds. The first-order valence-corrected chi connectivity index (χ1v) is 12.8. The fourth-order valence-corrected chi connectivity index (χ4v) is 4.90. The number of hydrazine groups is 1. The standard InChI is InChI=1S/C30H37ClN8/c1-20(16-22-8-11-24(12-9-22)36-15-7-14-32)29(31)25-17-23(10-13-26(25)35-4)30(3,27(18-33)39(6)34)28-19-37-21(2)38(28)5/h7-15,17-19H,4,16,32-34H2,1-3,5-6H3/b14-7?,27-18-,29-20-,36-15?. The van der Waals surface area contributed by atoms with Crippen LogP contribution in [0.1, 0.15) is 42.1 Å². The third-order valence-corrected chi connectivity index (χ3v) is 7.49. The summed E-state index contributed by atoms with van der Waals surface area (Å²) in [5.41, 5.74) is 17.7. The van der Waals surface area contributed by atoms with E-state index >= 15 is 0 Å². The maximum Gasteiger partial charge on any atom is 0.105 e. The summed E-state index contributed by atoms with van der Waals surface area (Å²) in [6.45, 7) is 9.82. The van der Waals surface area contributed by atoms with Gasteiger partial charge in [0, 0.05) is 43.3 Å². The first kappa shape index (κ1) is 29.4. The molecule has 0 saturated heterocycles. The molecular weight excluding hydrogens is 508 g/mol. The number of nitrogens with zero attached hydrogens (tertiary/aromatic N) is 5. The second-order valence-electron chi connectivity index (χ2n) is 9.53. The van der Waals surface area contributed by atoms with Gasteiger partial charge in [-0.25, -0.2) is 10.8 Å². The van der Waals surface area contributed by atoms with E-state index in [1.54, 1.807) is 19.3 Å². The van der Waals surface area contributed by atoms with E-state index in [9.17, 15) is 0 Å². The van der Waals surface area contributed by atoms with Gasteiger partial charge in [-0.1, -0.05) is 29.8 Å². The minimum atomic E-state index is -0.733. The molecule has 0 radical (unpaired) electrons. The first-order valence-electron chi connectivity index (χ1n) is 12.4. The van der Waals surface area contributed by atoms with Gasteiger partial charge in [0.15, 0.2) is 0 Å². The number of imidazole rings is 1. The number of hydrogen-bond donors (Lipinski definition) is 3. The molecule has 6 N–H and O–H groups in total. The molecule has 1 aromatic heterocycles. The molecule has 0 bridgehead atoms. The van der Waals surface area contributed by atoms with Crippen LogP contribution in [0, 0.1) is 6.92 Å². The predicted octanol–water partition coefficient (Wildman–Crippen LogP) is 5.36. The smallest absolute Gasteiger partial charge is 0.105 e. The number of aryl methyl sites for hydroxylation is 1.